The number of alkyl halides is 3. The van der Waals surface area contributed by atoms with Crippen molar-refractivity contribution in [2.45, 2.75) is 31.5 Å². The summed E-state index contributed by atoms with van der Waals surface area (Å²) in [5.74, 6) is -0.149. The molecule has 0 bridgehead atoms. The number of nitrogens with one attached hydrogen (secondary N) is 1. The lowest BCUT2D eigenvalue weighted by molar-refractivity contribution is -0.137. The second-order valence-electron chi connectivity index (χ2n) is 6.21. The van der Waals surface area contributed by atoms with Crippen LogP contribution in [-0.4, -0.2) is 36.5 Å². The number of carbonyl (C=O) groups is 1. The molecule has 22 heavy (non-hydrogen) atoms. The number of carbonyl (C=O) groups excluding carboxylic acids is 1. The van der Waals surface area contributed by atoms with E-state index in [9.17, 15) is 18.0 Å². The van der Waals surface area contributed by atoms with Crippen molar-refractivity contribution in [3.05, 3.63) is 35.4 Å². The molecule has 1 aromatic carbocycles. The predicted molar refractivity (Wildman–Crippen MR) is 76.3 cm³/mol. The summed E-state index contributed by atoms with van der Waals surface area (Å²) in [4.78, 5) is 14.3. The van der Waals surface area contributed by atoms with Gasteiger partial charge >= 0.3 is 6.18 Å². The van der Waals surface area contributed by atoms with Gasteiger partial charge in [-0.1, -0.05) is 18.2 Å². The summed E-state index contributed by atoms with van der Waals surface area (Å²) >= 11 is 0. The van der Waals surface area contributed by atoms with E-state index in [2.05, 4.69) is 5.32 Å². The second-order valence-corrected chi connectivity index (χ2v) is 6.21. The van der Waals surface area contributed by atoms with Gasteiger partial charge in [0.1, 0.15) is 0 Å². The average molecular weight is 312 g/mol. The summed E-state index contributed by atoms with van der Waals surface area (Å²) in [6, 6.07) is 5.63. The van der Waals surface area contributed by atoms with E-state index >= 15 is 0 Å². The van der Waals surface area contributed by atoms with Crippen molar-refractivity contribution in [2.24, 2.45) is 5.92 Å². The van der Waals surface area contributed by atoms with Crippen LogP contribution in [-0.2, 0) is 11.0 Å². The van der Waals surface area contributed by atoms with Crippen molar-refractivity contribution in [2.75, 3.05) is 19.6 Å². The van der Waals surface area contributed by atoms with E-state index in [4.69, 9.17) is 0 Å². The zero-order valence-electron chi connectivity index (χ0n) is 12.4. The van der Waals surface area contributed by atoms with E-state index < -0.39 is 11.7 Å². The summed E-state index contributed by atoms with van der Waals surface area (Å²) in [5.41, 5.74) is -0.0183. The fourth-order valence-electron chi connectivity index (χ4n) is 3.15. The molecule has 6 heteroatoms. The number of hydrogen-bond acceptors (Lipinski definition) is 2. The summed E-state index contributed by atoms with van der Waals surface area (Å²) in [7, 11) is 0. The first kappa shape index (κ1) is 15.3. The Labute approximate surface area is 127 Å². The normalized spacial score (nSPS) is 28.5. The Morgan fingerprint density at radius 2 is 2.14 bits per heavy atom. The van der Waals surface area contributed by atoms with Crippen LogP contribution in [0, 0.1) is 5.92 Å². The van der Waals surface area contributed by atoms with Gasteiger partial charge in [-0.05, 0) is 30.9 Å². The van der Waals surface area contributed by atoms with Gasteiger partial charge in [0.15, 0.2) is 0 Å². The van der Waals surface area contributed by atoms with Gasteiger partial charge in [-0.15, -0.1) is 0 Å². The first-order valence-electron chi connectivity index (χ1n) is 7.55. The number of halogens is 3. The maximum absolute atomic E-state index is 12.8. The number of piperazine rings is 1. The zero-order valence-corrected chi connectivity index (χ0v) is 12.4. The molecule has 0 spiro atoms. The van der Waals surface area contributed by atoms with Crippen LogP contribution in [0.2, 0.25) is 0 Å². The van der Waals surface area contributed by atoms with Crippen LogP contribution >= 0.6 is 0 Å². The fourth-order valence-corrected chi connectivity index (χ4v) is 3.15. The van der Waals surface area contributed by atoms with Gasteiger partial charge in [-0.2, -0.15) is 13.2 Å². The van der Waals surface area contributed by atoms with Crippen molar-refractivity contribution >= 4 is 5.91 Å². The van der Waals surface area contributed by atoms with Gasteiger partial charge in [-0.3, -0.25) is 4.79 Å². The first-order valence-corrected chi connectivity index (χ1v) is 7.55. The first-order chi connectivity index (χ1) is 10.4. The predicted octanol–water partition coefficient (Wildman–Crippen LogP) is 2.63. The molecular weight excluding hydrogens is 293 g/mol. The summed E-state index contributed by atoms with van der Waals surface area (Å²) in [6.45, 7) is 4.14. The Morgan fingerprint density at radius 1 is 1.36 bits per heavy atom. The lowest BCUT2D eigenvalue weighted by atomic mass is 10.0. The maximum Gasteiger partial charge on any atom is 0.416 e. The standard InChI is InChI=1S/C16H19F3N2O/c1-10-9-21(6-5-20-10)15(22)14-8-13(14)11-3-2-4-12(7-11)16(17,18)19/h2-4,7,10,13-14,20H,5-6,8-9H2,1H3. The van der Waals surface area contributed by atoms with Crippen LogP contribution in [0.4, 0.5) is 13.2 Å². The summed E-state index contributed by atoms with van der Waals surface area (Å²) < 4.78 is 38.3. The van der Waals surface area contributed by atoms with Crippen molar-refractivity contribution in [3.63, 3.8) is 0 Å². The molecule has 2 aliphatic rings. The van der Waals surface area contributed by atoms with E-state index in [0.29, 0.717) is 25.1 Å². The van der Waals surface area contributed by atoms with Crippen LogP contribution in [0.15, 0.2) is 24.3 Å². The Hall–Kier alpha value is -1.56. The molecule has 3 unspecified atom stereocenters. The third kappa shape index (κ3) is 3.11. The van der Waals surface area contributed by atoms with Gasteiger partial charge in [-0.25, -0.2) is 0 Å². The lowest BCUT2D eigenvalue weighted by Gasteiger charge is -2.32. The number of nitrogens with zero attached hydrogens (tertiary/aromatic N) is 1. The quantitative estimate of drug-likeness (QED) is 0.910. The molecule has 3 atom stereocenters. The Balaban J connectivity index is 1.68. The maximum atomic E-state index is 12.8. The van der Waals surface area contributed by atoms with E-state index in [1.54, 1.807) is 6.07 Å². The van der Waals surface area contributed by atoms with Gasteiger partial charge < -0.3 is 10.2 Å². The van der Waals surface area contributed by atoms with Crippen LogP contribution in [0.25, 0.3) is 0 Å². The molecule has 1 aliphatic heterocycles. The minimum Gasteiger partial charge on any atom is -0.340 e. The molecule has 3 rings (SSSR count). The molecule has 1 aliphatic carbocycles. The van der Waals surface area contributed by atoms with Crippen LogP contribution in [0.5, 0.6) is 0 Å². The zero-order chi connectivity index (χ0) is 15.9. The monoisotopic (exact) mass is 312 g/mol. The van der Waals surface area contributed by atoms with E-state index in [-0.39, 0.29) is 23.8 Å². The van der Waals surface area contributed by atoms with Crippen LogP contribution in [0.3, 0.4) is 0 Å². The molecule has 120 valence electrons. The topological polar surface area (TPSA) is 32.3 Å². The van der Waals surface area contributed by atoms with Crippen molar-refractivity contribution in [1.29, 1.82) is 0 Å². The molecule has 1 amide bonds. The molecule has 1 heterocycles. The Kier molecular flexibility index (Phi) is 3.89. The molecule has 0 aromatic heterocycles. The van der Waals surface area contributed by atoms with Crippen LogP contribution in [0.1, 0.15) is 30.4 Å². The second kappa shape index (κ2) is 5.57. The highest BCUT2D eigenvalue weighted by Crippen LogP contribution is 2.49. The molecule has 1 aromatic rings. The highest BCUT2D eigenvalue weighted by atomic mass is 19.4. The number of hydrogen-bond donors (Lipinski definition) is 1. The summed E-state index contributed by atoms with van der Waals surface area (Å²) in [6.07, 6.45) is -3.68. The van der Waals surface area contributed by atoms with Gasteiger partial charge in [0, 0.05) is 31.6 Å². The lowest BCUT2D eigenvalue weighted by Crippen LogP contribution is -2.51. The molecule has 0 radical (unpaired) electrons. The average Bonchev–Trinajstić information content (AvgIpc) is 3.26. The Morgan fingerprint density at radius 3 is 2.82 bits per heavy atom. The number of amides is 1. The SMILES string of the molecule is CC1CN(C(=O)C2CC2c2cccc(C(F)(F)F)c2)CCN1. The fraction of sp³-hybridized carbons (Fsp3) is 0.562. The van der Waals surface area contributed by atoms with Crippen molar-refractivity contribution in [1.82, 2.24) is 10.2 Å². The van der Waals surface area contributed by atoms with E-state index in [0.717, 1.165) is 12.6 Å². The third-order valence-corrected chi connectivity index (χ3v) is 4.43. The molecule has 3 nitrogen and oxygen atoms in total. The van der Waals surface area contributed by atoms with E-state index in [1.165, 1.54) is 12.1 Å². The Bertz CT molecular complexity index is 573. The number of benzene rings is 1. The minimum absolute atomic E-state index is 0.0695. The molecular formula is C16H19F3N2O. The van der Waals surface area contributed by atoms with Gasteiger partial charge in [0.05, 0.1) is 5.56 Å². The van der Waals surface area contributed by atoms with E-state index in [1.807, 2.05) is 11.8 Å². The molecule has 1 N–H and O–H groups in total. The van der Waals surface area contributed by atoms with Crippen LogP contribution < -0.4 is 5.32 Å². The third-order valence-electron chi connectivity index (χ3n) is 4.43. The van der Waals surface area contributed by atoms with Gasteiger partial charge in [0.25, 0.3) is 0 Å². The number of rotatable bonds is 2. The highest BCUT2D eigenvalue weighted by molar-refractivity contribution is 5.83. The van der Waals surface area contributed by atoms with Gasteiger partial charge in [0.2, 0.25) is 5.91 Å². The minimum atomic E-state index is -4.33. The smallest absolute Gasteiger partial charge is 0.340 e. The molecule has 2 fully saturated rings. The largest absolute Gasteiger partial charge is 0.416 e. The molecule has 1 saturated carbocycles. The highest BCUT2D eigenvalue weighted by Gasteiger charge is 2.46. The van der Waals surface area contributed by atoms with Crippen molar-refractivity contribution < 1.29 is 18.0 Å². The van der Waals surface area contributed by atoms with Crippen molar-refractivity contribution in [3.8, 4) is 0 Å². The molecule has 1 saturated heterocycles. The summed E-state index contributed by atoms with van der Waals surface area (Å²) in [5, 5.41) is 3.27.